The molecule has 0 aliphatic heterocycles. The first-order valence-corrected chi connectivity index (χ1v) is 6.45. The molecule has 0 saturated heterocycles. The van der Waals surface area contributed by atoms with Gasteiger partial charge in [0.25, 0.3) is 5.91 Å². The predicted molar refractivity (Wildman–Crippen MR) is 67.8 cm³/mol. The Balaban J connectivity index is 2.81. The van der Waals surface area contributed by atoms with Crippen LogP contribution in [0.15, 0.2) is 11.4 Å². The van der Waals surface area contributed by atoms with Crippen molar-refractivity contribution in [1.29, 1.82) is 0 Å². The van der Waals surface area contributed by atoms with Crippen LogP contribution < -0.4 is 0 Å². The van der Waals surface area contributed by atoms with Crippen LogP contribution in [-0.2, 0) is 4.79 Å². The Morgan fingerprint density at radius 2 is 2.18 bits per heavy atom. The number of thiophene rings is 1. The largest absolute Gasteiger partial charge is 0.481 e. The van der Waals surface area contributed by atoms with E-state index in [1.807, 2.05) is 13.8 Å². The number of hydrogen-bond acceptors (Lipinski definition) is 3. The quantitative estimate of drug-likeness (QED) is 0.899. The molecule has 0 aliphatic rings. The van der Waals surface area contributed by atoms with Gasteiger partial charge in [-0.05, 0) is 25.3 Å². The van der Waals surface area contributed by atoms with E-state index in [0.717, 1.165) is 0 Å². The van der Waals surface area contributed by atoms with Gasteiger partial charge in [0, 0.05) is 12.6 Å². The molecule has 4 nitrogen and oxygen atoms in total. The number of carboxylic acids is 1. The standard InChI is InChI=1S/C11H14ClNO3S/c1-7(2)13(5-3-9(14)15)11(16)10-8(12)4-6-17-10/h4,6-7H,3,5H2,1-2H3,(H,14,15). The van der Waals surface area contributed by atoms with Crippen molar-refractivity contribution in [3.8, 4) is 0 Å². The summed E-state index contributed by atoms with van der Waals surface area (Å²) >= 11 is 7.16. The number of amides is 1. The first kappa shape index (κ1) is 14.0. The van der Waals surface area contributed by atoms with E-state index in [1.165, 1.54) is 16.2 Å². The zero-order valence-electron chi connectivity index (χ0n) is 9.64. The highest BCUT2D eigenvalue weighted by Gasteiger charge is 2.22. The van der Waals surface area contributed by atoms with E-state index < -0.39 is 5.97 Å². The van der Waals surface area contributed by atoms with Crippen molar-refractivity contribution in [2.75, 3.05) is 6.54 Å². The molecule has 0 spiro atoms. The van der Waals surface area contributed by atoms with Gasteiger partial charge in [-0.3, -0.25) is 9.59 Å². The van der Waals surface area contributed by atoms with Crippen LogP contribution in [0.5, 0.6) is 0 Å². The topological polar surface area (TPSA) is 57.6 Å². The predicted octanol–water partition coefficient (Wildman–Crippen LogP) is 2.73. The van der Waals surface area contributed by atoms with E-state index in [4.69, 9.17) is 16.7 Å². The molecule has 0 unspecified atom stereocenters. The number of carbonyl (C=O) groups is 2. The molecule has 6 heteroatoms. The average Bonchev–Trinajstić information content (AvgIpc) is 2.63. The smallest absolute Gasteiger partial charge is 0.305 e. The Hall–Kier alpha value is -1.07. The van der Waals surface area contributed by atoms with Crippen molar-refractivity contribution in [1.82, 2.24) is 4.90 Å². The number of halogens is 1. The fourth-order valence-electron chi connectivity index (χ4n) is 1.39. The highest BCUT2D eigenvalue weighted by molar-refractivity contribution is 7.12. The lowest BCUT2D eigenvalue weighted by Gasteiger charge is -2.25. The molecule has 0 aliphatic carbocycles. The molecule has 0 atom stereocenters. The molecule has 0 fully saturated rings. The maximum absolute atomic E-state index is 12.1. The lowest BCUT2D eigenvalue weighted by Crippen LogP contribution is -2.38. The zero-order chi connectivity index (χ0) is 13.0. The van der Waals surface area contributed by atoms with Crippen LogP contribution in [0, 0.1) is 0 Å². The van der Waals surface area contributed by atoms with Crippen molar-refractivity contribution in [3.05, 3.63) is 21.3 Å². The normalized spacial score (nSPS) is 10.6. The van der Waals surface area contributed by atoms with E-state index in [1.54, 1.807) is 11.4 Å². The minimum Gasteiger partial charge on any atom is -0.481 e. The summed E-state index contributed by atoms with van der Waals surface area (Å²) in [6.07, 6.45) is -0.0626. The third-order valence-electron chi connectivity index (χ3n) is 2.26. The Morgan fingerprint density at radius 1 is 1.53 bits per heavy atom. The molecule has 1 heterocycles. The number of carboxylic acid groups (broad SMARTS) is 1. The minimum atomic E-state index is -0.916. The SMILES string of the molecule is CC(C)N(CCC(=O)O)C(=O)c1sccc1Cl. The van der Waals surface area contributed by atoms with Crippen LogP contribution in [0.3, 0.4) is 0 Å². The van der Waals surface area contributed by atoms with Gasteiger partial charge in [0.15, 0.2) is 0 Å². The summed E-state index contributed by atoms with van der Waals surface area (Å²) in [4.78, 5) is 24.7. The first-order chi connectivity index (χ1) is 7.93. The van der Waals surface area contributed by atoms with Gasteiger partial charge in [-0.1, -0.05) is 11.6 Å². The molecule has 1 aromatic heterocycles. The number of carbonyl (C=O) groups excluding carboxylic acids is 1. The summed E-state index contributed by atoms with van der Waals surface area (Å²) in [5.74, 6) is -1.12. The maximum Gasteiger partial charge on any atom is 0.305 e. The Morgan fingerprint density at radius 3 is 2.59 bits per heavy atom. The molecule has 1 aromatic rings. The number of rotatable bonds is 5. The number of hydrogen-bond donors (Lipinski definition) is 1. The summed E-state index contributed by atoms with van der Waals surface area (Å²) in [5, 5.41) is 10.8. The first-order valence-electron chi connectivity index (χ1n) is 5.19. The second-order valence-electron chi connectivity index (χ2n) is 3.83. The van der Waals surface area contributed by atoms with Crippen LogP contribution in [0.25, 0.3) is 0 Å². The highest BCUT2D eigenvalue weighted by Crippen LogP contribution is 2.24. The summed E-state index contributed by atoms with van der Waals surface area (Å²) in [6, 6.07) is 1.61. The number of aliphatic carboxylic acids is 1. The van der Waals surface area contributed by atoms with Gasteiger partial charge in [0.05, 0.1) is 11.4 Å². The van der Waals surface area contributed by atoms with Gasteiger partial charge < -0.3 is 10.0 Å². The van der Waals surface area contributed by atoms with Crippen molar-refractivity contribution in [2.24, 2.45) is 0 Å². The summed E-state index contributed by atoms with van der Waals surface area (Å²) in [5.41, 5.74) is 0. The fraction of sp³-hybridized carbons (Fsp3) is 0.455. The molecule has 0 saturated carbocycles. The van der Waals surface area contributed by atoms with E-state index in [-0.39, 0.29) is 24.9 Å². The molecule has 0 bridgehead atoms. The monoisotopic (exact) mass is 275 g/mol. The third kappa shape index (κ3) is 3.71. The van der Waals surface area contributed by atoms with Crippen molar-refractivity contribution in [3.63, 3.8) is 0 Å². The minimum absolute atomic E-state index is 0.0555. The van der Waals surface area contributed by atoms with Crippen molar-refractivity contribution < 1.29 is 14.7 Å². The lowest BCUT2D eigenvalue weighted by atomic mass is 10.2. The Kier molecular flexibility index (Phi) is 4.96. The molecule has 94 valence electrons. The summed E-state index contributed by atoms with van der Waals surface area (Å²) in [7, 11) is 0. The highest BCUT2D eigenvalue weighted by atomic mass is 35.5. The van der Waals surface area contributed by atoms with Crippen LogP contribution in [-0.4, -0.2) is 34.5 Å². The number of nitrogens with zero attached hydrogens (tertiary/aromatic N) is 1. The van der Waals surface area contributed by atoms with E-state index in [2.05, 4.69) is 0 Å². The molecular weight excluding hydrogens is 262 g/mol. The zero-order valence-corrected chi connectivity index (χ0v) is 11.2. The van der Waals surface area contributed by atoms with Crippen molar-refractivity contribution in [2.45, 2.75) is 26.3 Å². The third-order valence-corrected chi connectivity index (χ3v) is 3.59. The van der Waals surface area contributed by atoms with Crippen LogP contribution in [0.4, 0.5) is 0 Å². The molecule has 1 rings (SSSR count). The molecule has 1 amide bonds. The second kappa shape index (κ2) is 6.02. The van der Waals surface area contributed by atoms with Crippen molar-refractivity contribution >= 4 is 34.8 Å². The second-order valence-corrected chi connectivity index (χ2v) is 5.16. The van der Waals surface area contributed by atoms with Gasteiger partial charge in [0.1, 0.15) is 4.88 Å². The molecule has 0 aromatic carbocycles. The molecule has 0 radical (unpaired) electrons. The van der Waals surface area contributed by atoms with Crippen LogP contribution in [0.2, 0.25) is 5.02 Å². The molecular formula is C11H14ClNO3S. The lowest BCUT2D eigenvalue weighted by molar-refractivity contribution is -0.137. The van der Waals surface area contributed by atoms with E-state index >= 15 is 0 Å². The fourth-order valence-corrected chi connectivity index (χ4v) is 2.48. The maximum atomic E-state index is 12.1. The van der Waals surface area contributed by atoms with Crippen LogP contribution in [0.1, 0.15) is 29.9 Å². The Labute approximate surface area is 109 Å². The van der Waals surface area contributed by atoms with Gasteiger partial charge in [0.2, 0.25) is 0 Å². The summed E-state index contributed by atoms with van der Waals surface area (Å²) in [6.45, 7) is 3.89. The molecule has 1 N–H and O–H groups in total. The van der Waals surface area contributed by atoms with E-state index in [9.17, 15) is 9.59 Å². The molecule has 17 heavy (non-hydrogen) atoms. The Bertz CT molecular complexity index is 417. The van der Waals surface area contributed by atoms with Crippen LogP contribution >= 0.6 is 22.9 Å². The van der Waals surface area contributed by atoms with Gasteiger partial charge in [-0.2, -0.15) is 0 Å². The van der Waals surface area contributed by atoms with Gasteiger partial charge in [-0.25, -0.2) is 0 Å². The summed E-state index contributed by atoms with van der Waals surface area (Å²) < 4.78 is 0. The van der Waals surface area contributed by atoms with Gasteiger partial charge >= 0.3 is 5.97 Å². The van der Waals surface area contributed by atoms with Gasteiger partial charge in [-0.15, -0.1) is 11.3 Å². The average molecular weight is 276 g/mol. The van der Waals surface area contributed by atoms with E-state index in [0.29, 0.717) is 9.90 Å².